The predicted molar refractivity (Wildman–Crippen MR) is 76.4 cm³/mol. The minimum atomic E-state index is -0.107. The van der Waals surface area contributed by atoms with Gasteiger partial charge >= 0.3 is 6.03 Å². The number of nitrogens with one attached hydrogen (secondary N) is 1. The molecule has 1 aromatic rings. The van der Waals surface area contributed by atoms with E-state index in [0.717, 1.165) is 18.4 Å². The number of oxime groups is 1. The molecule has 0 bridgehead atoms. The summed E-state index contributed by atoms with van der Waals surface area (Å²) in [6.07, 6.45) is 1.71. The first-order chi connectivity index (χ1) is 9.70. The molecule has 6 nitrogen and oxygen atoms in total. The molecule has 4 N–H and O–H groups in total. The molecule has 1 aliphatic heterocycles. The fourth-order valence-corrected chi connectivity index (χ4v) is 2.37. The first-order valence-electron chi connectivity index (χ1n) is 6.75. The van der Waals surface area contributed by atoms with E-state index in [1.807, 2.05) is 30.3 Å². The van der Waals surface area contributed by atoms with Gasteiger partial charge in [-0.05, 0) is 18.4 Å². The number of carbonyl (C=O) groups is 1. The molecule has 0 aromatic heterocycles. The van der Waals surface area contributed by atoms with Crippen molar-refractivity contribution >= 4 is 11.9 Å². The number of carbonyl (C=O) groups excluding carboxylic acids is 1. The molecule has 0 saturated carbocycles. The van der Waals surface area contributed by atoms with E-state index < -0.39 is 0 Å². The van der Waals surface area contributed by atoms with Crippen LogP contribution < -0.4 is 11.1 Å². The van der Waals surface area contributed by atoms with Crippen molar-refractivity contribution in [1.82, 2.24) is 10.2 Å². The Morgan fingerprint density at radius 2 is 2.20 bits per heavy atom. The van der Waals surface area contributed by atoms with Crippen LogP contribution in [-0.4, -0.2) is 35.1 Å². The zero-order chi connectivity index (χ0) is 14.4. The van der Waals surface area contributed by atoms with Crippen molar-refractivity contribution in [2.45, 2.75) is 19.4 Å². The van der Waals surface area contributed by atoms with Gasteiger partial charge < -0.3 is 21.2 Å². The summed E-state index contributed by atoms with van der Waals surface area (Å²) < 4.78 is 0. The molecule has 2 rings (SSSR count). The van der Waals surface area contributed by atoms with E-state index in [9.17, 15) is 4.79 Å². The summed E-state index contributed by atoms with van der Waals surface area (Å²) in [5.74, 6) is 0.141. The van der Waals surface area contributed by atoms with Crippen molar-refractivity contribution in [3.8, 4) is 0 Å². The van der Waals surface area contributed by atoms with Gasteiger partial charge in [0.15, 0.2) is 0 Å². The molecule has 1 heterocycles. The fraction of sp³-hybridized carbons (Fsp3) is 0.429. The van der Waals surface area contributed by atoms with Crippen LogP contribution in [0.4, 0.5) is 4.79 Å². The molecule has 2 amide bonds. The van der Waals surface area contributed by atoms with Gasteiger partial charge in [-0.1, -0.05) is 35.5 Å². The van der Waals surface area contributed by atoms with Gasteiger partial charge in [-0.3, -0.25) is 0 Å². The van der Waals surface area contributed by atoms with E-state index in [2.05, 4.69) is 10.5 Å². The number of urea groups is 1. The third-order valence-electron chi connectivity index (χ3n) is 3.53. The highest BCUT2D eigenvalue weighted by Gasteiger charge is 2.26. The van der Waals surface area contributed by atoms with Gasteiger partial charge in [0.2, 0.25) is 0 Å². The van der Waals surface area contributed by atoms with Crippen molar-refractivity contribution in [2.24, 2.45) is 16.8 Å². The van der Waals surface area contributed by atoms with Crippen LogP contribution in [-0.2, 0) is 6.54 Å². The first-order valence-corrected chi connectivity index (χ1v) is 6.75. The summed E-state index contributed by atoms with van der Waals surface area (Å²) in [6.45, 7) is 1.71. The summed E-state index contributed by atoms with van der Waals surface area (Å²) >= 11 is 0. The molecule has 1 saturated heterocycles. The Hall–Kier alpha value is -2.24. The number of amidine groups is 1. The van der Waals surface area contributed by atoms with E-state index >= 15 is 0 Å². The quantitative estimate of drug-likeness (QED) is 0.337. The normalized spacial score (nSPS) is 19.7. The van der Waals surface area contributed by atoms with Crippen LogP contribution in [0.5, 0.6) is 0 Å². The van der Waals surface area contributed by atoms with Crippen LogP contribution in [0.15, 0.2) is 35.5 Å². The lowest BCUT2D eigenvalue weighted by Crippen LogP contribution is -2.48. The van der Waals surface area contributed by atoms with Gasteiger partial charge in [-0.15, -0.1) is 0 Å². The maximum Gasteiger partial charge on any atom is 0.317 e. The van der Waals surface area contributed by atoms with E-state index in [1.165, 1.54) is 0 Å². The minimum Gasteiger partial charge on any atom is -0.409 e. The van der Waals surface area contributed by atoms with E-state index in [1.54, 1.807) is 4.90 Å². The third kappa shape index (κ3) is 3.63. The van der Waals surface area contributed by atoms with Crippen LogP contribution in [0.3, 0.4) is 0 Å². The fourth-order valence-electron chi connectivity index (χ4n) is 2.37. The average molecular weight is 276 g/mol. The van der Waals surface area contributed by atoms with Crippen LogP contribution in [0, 0.1) is 5.92 Å². The zero-order valence-electron chi connectivity index (χ0n) is 11.3. The van der Waals surface area contributed by atoms with Crippen molar-refractivity contribution in [1.29, 1.82) is 0 Å². The lowest BCUT2D eigenvalue weighted by molar-refractivity contribution is 0.176. The van der Waals surface area contributed by atoms with Gasteiger partial charge in [0.25, 0.3) is 0 Å². The molecule has 20 heavy (non-hydrogen) atoms. The molecular weight excluding hydrogens is 256 g/mol. The Labute approximate surface area is 118 Å². The summed E-state index contributed by atoms with van der Waals surface area (Å²) in [4.78, 5) is 13.8. The number of piperidine rings is 1. The summed E-state index contributed by atoms with van der Waals surface area (Å²) in [5, 5.41) is 14.6. The highest BCUT2D eigenvalue weighted by atomic mass is 16.4. The standard InChI is InChI=1S/C14H20N4O2/c15-13(17-20)12-7-4-8-18(10-12)14(19)16-9-11-5-2-1-3-6-11/h1-3,5-6,12,20H,4,7-10H2,(H2,15,17)(H,16,19). The number of nitrogens with two attached hydrogens (primary N) is 1. The van der Waals surface area contributed by atoms with Crippen molar-refractivity contribution in [3.63, 3.8) is 0 Å². The number of hydrogen-bond acceptors (Lipinski definition) is 3. The largest absolute Gasteiger partial charge is 0.409 e. The Bertz CT molecular complexity index is 475. The second-order valence-electron chi connectivity index (χ2n) is 4.95. The summed E-state index contributed by atoms with van der Waals surface area (Å²) in [5.41, 5.74) is 6.68. The number of benzene rings is 1. The predicted octanol–water partition coefficient (Wildman–Crippen LogP) is 1.35. The maximum atomic E-state index is 12.1. The van der Waals surface area contributed by atoms with Gasteiger partial charge in [-0.25, -0.2) is 4.79 Å². The van der Waals surface area contributed by atoms with Crippen LogP contribution in [0.2, 0.25) is 0 Å². The molecule has 1 aliphatic rings. The Morgan fingerprint density at radius 3 is 2.90 bits per heavy atom. The molecular formula is C14H20N4O2. The SMILES string of the molecule is N/C(=N/O)C1CCCN(C(=O)NCc2ccccc2)C1. The molecule has 1 unspecified atom stereocenters. The number of nitrogens with zero attached hydrogens (tertiary/aromatic N) is 2. The number of rotatable bonds is 3. The van der Waals surface area contributed by atoms with E-state index in [4.69, 9.17) is 10.9 Å². The first kappa shape index (κ1) is 14.2. The third-order valence-corrected chi connectivity index (χ3v) is 3.53. The molecule has 1 atom stereocenters. The average Bonchev–Trinajstić information content (AvgIpc) is 2.53. The smallest absolute Gasteiger partial charge is 0.317 e. The van der Waals surface area contributed by atoms with Gasteiger partial charge in [0.1, 0.15) is 5.84 Å². The summed E-state index contributed by atoms with van der Waals surface area (Å²) in [7, 11) is 0. The topological polar surface area (TPSA) is 91.0 Å². The second kappa shape index (κ2) is 6.79. The molecule has 1 aromatic carbocycles. The van der Waals surface area contributed by atoms with Gasteiger partial charge in [0, 0.05) is 25.6 Å². The Balaban J connectivity index is 1.86. The van der Waals surface area contributed by atoms with E-state index in [0.29, 0.717) is 19.6 Å². The van der Waals surface area contributed by atoms with E-state index in [-0.39, 0.29) is 17.8 Å². The lowest BCUT2D eigenvalue weighted by Gasteiger charge is -2.32. The van der Waals surface area contributed by atoms with Crippen LogP contribution in [0.25, 0.3) is 0 Å². The Kier molecular flexibility index (Phi) is 4.81. The second-order valence-corrected chi connectivity index (χ2v) is 4.95. The van der Waals surface area contributed by atoms with Crippen molar-refractivity contribution < 1.29 is 10.0 Å². The van der Waals surface area contributed by atoms with Crippen molar-refractivity contribution in [3.05, 3.63) is 35.9 Å². The molecule has 0 radical (unpaired) electrons. The van der Waals surface area contributed by atoms with Crippen LogP contribution in [0.1, 0.15) is 18.4 Å². The van der Waals surface area contributed by atoms with Gasteiger partial charge in [0.05, 0.1) is 0 Å². The van der Waals surface area contributed by atoms with Crippen LogP contribution >= 0.6 is 0 Å². The Morgan fingerprint density at radius 1 is 1.45 bits per heavy atom. The molecule has 108 valence electrons. The number of likely N-dealkylation sites (tertiary alicyclic amines) is 1. The monoisotopic (exact) mass is 276 g/mol. The maximum absolute atomic E-state index is 12.1. The summed E-state index contributed by atoms with van der Waals surface area (Å²) in [6, 6.07) is 9.65. The zero-order valence-corrected chi connectivity index (χ0v) is 11.3. The molecule has 0 spiro atoms. The number of hydrogen-bond donors (Lipinski definition) is 3. The minimum absolute atomic E-state index is 0.0591. The molecule has 0 aliphatic carbocycles. The molecule has 6 heteroatoms. The van der Waals surface area contributed by atoms with Gasteiger partial charge in [-0.2, -0.15) is 0 Å². The number of amides is 2. The highest BCUT2D eigenvalue weighted by molar-refractivity contribution is 5.83. The highest BCUT2D eigenvalue weighted by Crippen LogP contribution is 2.16. The van der Waals surface area contributed by atoms with Crippen molar-refractivity contribution in [2.75, 3.05) is 13.1 Å². The lowest BCUT2D eigenvalue weighted by atomic mass is 9.97. The molecule has 1 fully saturated rings.